The third-order valence-corrected chi connectivity index (χ3v) is 4.45. The number of rotatable bonds is 12. The van der Waals surface area contributed by atoms with Crippen molar-refractivity contribution in [3.63, 3.8) is 0 Å². The summed E-state index contributed by atoms with van der Waals surface area (Å²) < 4.78 is 0. The van der Waals surface area contributed by atoms with Crippen LogP contribution in [0.5, 0.6) is 0 Å². The van der Waals surface area contributed by atoms with Crippen LogP contribution in [0.25, 0.3) is 0 Å². The first-order valence-corrected chi connectivity index (χ1v) is 8.47. The van der Waals surface area contributed by atoms with Crippen molar-refractivity contribution in [2.75, 3.05) is 20.1 Å². The molecule has 0 aromatic rings. The minimum Gasteiger partial charge on any atom is -0.480 e. The molecule has 21 heavy (non-hydrogen) atoms. The maximum atomic E-state index is 11.3. The van der Waals surface area contributed by atoms with Gasteiger partial charge in [-0.25, -0.2) is 0 Å². The molecule has 4 heteroatoms. The van der Waals surface area contributed by atoms with Gasteiger partial charge in [0, 0.05) is 12.6 Å². The average molecular weight is 300 g/mol. The average Bonchev–Trinajstić information content (AvgIpc) is 2.43. The first kappa shape index (κ1) is 20.4. The van der Waals surface area contributed by atoms with E-state index in [1.165, 1.54) is 12.8 Å². The lowest BCUT2D eigenvalue weighted by atomic mass is 9.95. The molecule has 0 saturated carbocycles. The summed E-state index contributed by atoms with van der Waals surface area (Å²) in [5, 5.41) is 12.2. The second-order valence-electron chi connectivity index (χ2n) is 6.70. The molecule has 0 bridgehead atoms. The summed E-state index contributed by atoms with van der Waals surface area (Å²) in [4.78, 5) is 13.8. The van der Waals surface area contributed by atoms with E-state index in [1.54, 1.807) is 14.0 Å². The van der Waals surface area contributed by atoms with E-state index >= 15 is 0 Å². The van der Waals surface area contributed by atoms with Crippen molar-refractivity contribution in [3.8, 4) is 0 Å². The van der Waals surface area contributed by atoms with E-state index in [0.717, 1.165) is 25.9 Å². The smallest absolute Gasteiger partial charge is 0.323 e. The summed E-state index contributed by atoms with van der Waals surface area (Å²) in [5.74, 6) is -0.0868. The maximum absolute atomic E-state index is 11.3. The van der Waals surface area contributed by atoms with Gasteiger partial charge in [-0.15, -0.1) is 0 Å². The summed E-state index contributed by atoms with van der Waals surface area (Å²) in [6, 6.07) is 0.655. The molecule has 0 fully saturated rings. The number of carboxylic acid groups (broad SMARTS) is 1. The minimum atomic E-state index is -0.794. The number of carboxylic acids is 1. The predicted octanol–water partition coefficient (Wildman–Crippen LogP) is 3.37. The zero-order chi connectivity index (χ0) is 16.5. The lowest BCUT2D eigenvalue weighted by Gasteiger charge is -2.32. The lowest BCUT2D eigenvalue weighted by Crippen LogP contribution is -2.47. The van der Waals surface area contributed by atoms with Gasteiger partial charge in [0.05, 0.1) is 0 Å². The van der Waals surface area contributed by atoms with E-state index in [9.17, 15) is 9.90 Å². The molecule has 0 aromatic carbocycles. The van der Waals surface area contributed by atoms with Crippen LogP contribution in [-0.2, 0) is 4.79 Å². The quantitative estimate of drug-likeness (QED) is 0.543. The fourth-order valence-corrected chi connectivity index (χ4v) is 2.83. The van der Waals surface area contributed by atoms with Crippen molar-refractivity contribution in [1.29, 1.82) is 0 Å². The van der Waals surface area contributed by atoms with E-state index in [4.69, 9.17) is 0 Å². The Balaban J connectivity index is 4.33. The van der Waals surface area contributed by atoms with E-state index in [0.29, 0.717) is 18.4 Å². The van der Waals surface area contributed by atoms with E-state index in [2.05, 4.69) is 37.9 Å². The molecule has 0 saturated heterocycles. The Morgan fingerprint density at radius 3 is 2.19 bits per heavy atom. The summed E-state index contributed by atoms with van der Waals surface area (Å²) in [7, 11) is 1.73. The van der Waals surface area contributed by atoms with Crippen LogP contribution in [0, 0.1) is 5.92 Å². The topological polar surface area (TPSA) is 52.6 Å². The second kappa shape index (κ2) is 10.2. The minimum absolute atomic E-state index is 0.655. The van der Waals surface area contributed by atoms with Crippen LogP contribution >= 0.6 is 0 Å². The molecular weight excluding hydrogens is 264 g/mol. The Bertz CT molecular complexity index is 291. The number of carbonyl (C=O) groups is 1. The highest BCUT2D eigenvalue weighted by atomic mass is 16.4. The highest BCUT2D eigenvalue weighted by Crippen LogP contribution is 2.16. The fraction of sp³-hybridized carbons (Fsp3) is 0.941. The Labute approximate surface area is 131 Å². The molecule has 0 aromatic heterocycles. The molecule has 0 rings (SSSR count). The van der Waals surface area contributed by atoms with E-state index in [-0.39, 0.29) is 0 Å². The molecule has 1 atom stereocenters. The van der Waals surface area contributed by atoms with Crippen LogP contribution in [0.4, 0.5) is 0 Å². The van der Waals surface area contributed by atoms with Gasteiger partial charge >= 0.3 is 5.97 Å². The first-order chi connectivity index (χ1) is 9.80. The Hall–Kier alpha value is -0.610. The SMILES string of the molecule is CCC(CC)N(CCCCC(C)(NC)C(=O)O)CC(C)C. The molecule has 126 valence electrons. The molecule has 0 radical (unpaired) electrons. The van der Waals surface area contributed by atoms with Crippen molar-refractivity contribution < 1.29 is 9.90 Å². The highest BCUT2D eigenvalue weighted by molar-refractivity contribution is 5.78. The van der Waals surface area contributed by atoms with Gasteiger partial charge in [0.25, 0.3) is 0 Å². The van der Waals surface area contributed by atoms with Crippen molar-refractivity contribution in [2.24, 2.45) is 5.92 Å². The molecule has 4 nitrogen and oxygen atoms in total. The van der Waals surface area contributed by atoms with Crippen LogP contribution in [0.15, 0.2) is 0 Å². The standard InChI is InChI=1S/C17H36N2O2/c1-7-15(8-2)19(13-14(3)4)12-10-9-11-17(5,18-6)16(20)21/h14-15,18H,7-13H2,1-6H3,(H,20,21). The molecule has 0 spiro atoms. The van der Waals surface area contributed by atoms with Gasteiger partial charge < -0.3 is 15.3 Å². The molecule has 0 aliphatic carbocycles. The number of hydrogen-bond donors (Lipinski definition) is 2. The summed E-state index contributed by atoms with van der Waals surface area (Å²) in [5.41, 5.74) is -0.794. The third kappa shape index (κ3) is 7.28. The number of hydrogen-bond acceptors (Lipinski definition) is 3. The summed E-state index contributed by atoms with van der Waals surface area (Å²) in [6.07, 6.45) is 5.06. The van der Waals surface area contributed by atoms with Gasteiger partial charge in [0.1, 0.15) is 5.54 Å². The van der Waals surface area contributed by atoms with Gasteiger partial charge in [0.15, 0.2) is 0 Å². The largest absolute Gasteiger partial charge is 0.480 e. The van der Waals surface area contributed by atoms with Crippen LogP contribution in [-0.4, -0.2) is 47.7 Å². The Morgan fingerprint density at radius 1 is 1.24 bits per heavy atom. The third-order valence-electron chi connectivity index (χ3n) is 4.45. The van der Waals surface area contributed by atoms with Crippen molar-refractivity contribution in [2.45, 2.75) is 78.3 Å². The molecule has 0 heterocycles. The van der Waals surface area contributed by atoms with Crippen LogP contribution in [0.1, 0.15) is 66.7 Å². The number of aliphatic carboxylic acids is 1. The second-order valence-corrected chi connectivity index (χ2v) is 6.70. The van der Waals surface area contributed by atoms with Crippen LogP contribution in [0.3, 0.4) is 0 Å². The fourth-order valence-electron chi connectivity index (χ4n) is 2.83. The highest BCUT2D eigenvalue weighted by Gasteiger charge is 2.30. The van der Waals surface area contributed by atoms with Gasteiger partial charge in [-0.1, -0.05) is 27.7 Å². The zero-order valence-electron chi connectivity index (χ0n) is 14.9. The monoisotopic (exact) mass is 300 g/mol. The Kier molecular flexibility index (Phi) is 9.88. The van der Waals surface area contributed by atoms with E-state index in [1.807, 2.05) is 0 Å². The van der Waals surface area contributed by atoms with Gasteiger partial charge in [0.2, 0.25) is 0 Å². The van der Waals surface area contributed by atoms with Crippen LogP contribution in [0.2, 0.25) is 0 Å². The molecular formula is C17H36N2O2. The predicted molar refractivity (Wildman–Crippen MR) is 89.7 cm³/mol. The molecule has 0 amide bonds. The molecule has 1 unspecified atom stereocenters. The van der Waals surface area contributed by atoms with Gasteiger partial charge in [-0.05, 0) is 58.5 Å². The summed E-state index contributed by atoms with van der Waals surface area (Å²) >= 11 is 0. The lowest BCUT2D eigenvalue weighted by molar-refractivity contribution is -0.144. The van der Waals surface area contributed by atoms with Gasteiger partial charge in [-0.3, -0.25) is 4.79 Å². The number of nitrogens with zero attached hydrogens (tertiary/aromatic N) is 1. The zero-order valence-corrected chi connectivity index (χ0v) is 14.9. The maximum Gasteiger partial charge on any atom is 0.323 e. The number of unbranched alkanes of at least 4 members (excludes halogenated alkanes) is 1. The molecule has 0 aliphatic heterocycles. The van der Waals surface area contributed by atoms with Crippen LogP contribution < -0.4 is 5.32 Å². The molecule has 0 aliphatic rings. The molecule has 2 N–H and O–H groups in total. The van der Waals surface area contributed by atoms with Gasteiger partial charge in [-0.2, -0.15) is 0 Å². The normalized spacial score (nSPS) is 14.9. The summed E-state index contributed by atoms with van der Waals surface area (Å²) in [6.45, 7) is 13.0. The number of nitrogens with one attached hydrogen (secondary N) is 1. The Morgan fingerprint density at radius 2 is 1.81 bits per heavy atom. The van der Waals surface area contributed by atoms with Crippen molar-refractivity contribution >= 4 is 5.97 Å². The van der Waals surface area contributed by atoms with Crippen molar-refractivity contribution in [3.05, 3.63) is 0 Å². The van der Waals surface area contributed by atoms with E-state index < -0.39 is 11.5 Å². The first-order valence-electron chi connectivity index (χ1n) is 8.47. The number of likely N-dealkylation sites (N-methyl/N-ethyl adjacent to an activating group) is 1. The van der Waals surface area contributed by atoms with Crippen molar-refractivity contribution in [1.82, 2.24) is 10.2 Å².